The van der Waals surface area contributed by atoms with Crippen LogP contribution in [-0.4, -0.2) is 23.6 Å². The van der Waals surface area contributed by atoms with Crippen LogP contribution in [0.15, 0.2) is 30.5 Å². The lowest BCUT2D eigenvalue weighted by Gasteiger charge is -2.17. The van der Waals surface area contributed by atoms with Gasteiger partial charge in [0.25, 0.3) is 0 Å². The standard InChI is InChI=1S/C15H18ClN3O2S.ClH/c1-2-21-14(20)13(7-10-4-3-5-11(16)6-10)18-8-12-9-19-15(17)22-12;/h3-6,9,13,18H,2,7-8H2,1H3,(H2,17,19);1H. The predicted molar refractivity (Wildman–Crippen MR) is 96.2 cm³/mol. The van der Waals surface area contributed by atoms with Gasteiger partial charge in [-0.05, 0) is 31.0 Å². The van der Waals surface area contributed by atoms with Gasteiger partial charge in [0.2, 0.25) is 0 Å². The van der Waals surface area contributed by atoms with Crippen molar-refractivity contribution in [3.63, 3.8) is 0 Å². The van der Waals surface area contributed by atoms with E-state index in [4.69, 9.17) is 22.1 Å². The molecule has 126 valence electrons. The zero-order chi connectivity index (χ0) is 15.9. The van der Waals surface area contributed by atoms with Crippen molar-refractivity contribution in [1.82, 2.24) is 10.3 Å². The number of esters is 1. The van der Waals surface area contributed by atoms with Crippen molar-refractivity contribution in [2.24, 2.45) is 0 Å². The van der Waals surface area contributed by atoms with Crippen LogP contribution in [0.2, 0.25) is 5.02 Å². The Morgan fingerprint density at radius 1 is 1.52 bits per heavy atom. The molecule has 23 heavy (non-hydrogen) atoms. The van der Waals surface area contributed by atoms with Gasteiger partial charge in [-0.25, -0.2) is 4.98 Å². The van der Waals surface area contributed by atoms with E-state index in [1.165, 1.54) is 11.3 Å². The Labute approximate surface area is 150 Å². The molecule has 0 bridgehead atoms. The maximum absolute atomic E-state index is 12.1. The fourth-order valence-corrected chi connectivity index (χ4v) is 2.86. The quantitative estimate of drug-likeness (QED) is 0.727. The van der Waals surface area contributed by atoms with E-state index in [-0.39, 0.29) is 18.4 Å². The molecule has 1 aromatic heterocycles. The number of nitrogen functional groups attached to an aromatic ring is 1. The van der Waals surface area contributed by atoms with Crippen molar-refractivity contribution in [1.29, 1.82) is 0 Å². The number of halogens is 2. The zero-order valence-corrected chi connectivity index (χ0v) is 15.0. The van der Waals surface area contributed by atoms with Crippen molar-refractivity contribution >= 4 is 46.4 Å². The van der Waals surface area contributed by atoms with Crippen LogP contribution in [0.1, 0.15) is 17.4 Å². The van der Waals surface area contributed by atoms with Gasteiger partial charge < -0.3 is 10.5 Å². The number of hydrogen-bond acceptors (Lipinski definition) is 6. The Morgan fingerprint density at radius 3 is 2.91 bits per heavy atom. The molecule has 1 heterocycles. The highest BCUT2D eigenvalue weighted by atomic mass is 35.5. The fourth-order valence-electron chi connectivity index (χ4n) is 2.01. The molecule has 1 atom stereocenters. The molecule has 0 saturated carbocycles. The molecule has 0 amide bonds. The van der Waals surface area contributed by atoms with Gasteiger partial charge >= 0.3 is 5.97 Å². The molecule has 1 aromatic carbocycles. The van der Waals surface area contributed by atoms with Gasteiger partial charge in [0.15, 0.2) is 5.13 Å². The van der Waals surface area contributed by atoms with Gasteiger partial charge in [-0.2, -0.15) is 0 Å². The summed E-state index contributed by atoms with van der Waals surface area (Å²) in [4.78, 5) is 17.1. The fraction of sp³-hybridized carbons (Fsp3) is 0.333. The van der Waals surface area contributed by atoms with Crippen molar-refractivity contribution in [2.45, 2.75) is 25.9 Å². The smallest absolute Gasteiger partial charge is 0.323 e. The minimum absolute atomic E-state index is 0. The average molecular weight is 376 g/mol. The summed E-state index contributed by atoms with van der Waals surface area (Å²) in [6.45, 7) is 2.65. The molecule has 0 aliphatic carbocycles. The Kier molecular flexibility index (Phi) is 8.33. The molecule has 0 aliphatic rings. The highest BCUT2D eigenvalue weighted by Crippen LogP contribution is 2.16. The first-order valence-electron chi connectivity index (χ1n) is 6.93. The number of nitrogens with one attached hydrogen (secondary N) is 1. The van der Waals surface area contributed by atoms with E-state index in [0.29, 0.717) is 29.7 Å². The number of rotatable bonds is 7. The van der Waals surface area contributed by atoms with E-state index in [1.807, 2.05) is 18.2 Å². The molecule has 0 fully saturated rings. The lowest BCUT2D eigenvalue weighted by atomic mass is 10.1. The van der Waals surface area contributed by atoms with Crippen LogP contribution < -0.4 is 11.1 Å². The third-order valence-corrected chi connectivity index (χ3v) is 4.06. The SMILES string of the molecule is CCOC(=O)C(Cc1cccc(Cl)c1)NCc1cnc(N)s1.Cl. The highest BCUT2D eigenvalue weighted by Gasteiger charge is 2.20. The Balaban J connectivity index is 0.00000264. The van der Waals surface area contributed by atoms with Crippen LogP contribution in [-0.2, 0) is 22.5 Å². The maximum Gasteiger partial charge on any atom is 0.323 e. The minimum Gasteiger partial charge on any atom is -0.465 e. The summed E-state index contributed by atoms with van der Waals surface area (Å²) >= 11 is 7.38. The number of nitrogens with zero attached hydrogens (tertiary/aromatic N) is 1. The average Bonchev–Trinajstić information content (AvgIpc) is 2.89. The van der Waals surface area contributed by atoms with E-state index < -0.39 is 6.04 Å². The molecule has 5 nitrogen and oxygen atoms in total. The van der Waals surface area contributed by atoms with E-state index in [1.54, 1.807) is 19.2 Å². The molecule has 3 N–H and O–H groups in total. The predicted octanol–water partition coefficient (Wildman–Crippen LogP) is 3.06. The number of anilines is 1. The van der Waals surface area contributed by atoms with Crippen LogP contribution in [0.4, 0.5) is 5.13 Å². The third-order valence-electron chi connectivity index (χ3n) is 2.99. The van der Waals surface area contributed by atoms with Gasteiger partial charge in [-0.1, -0.05) is 23.7 Å². The molecule has 2 aromatic rings. The molecule has 0 saturated heterocycles. The topological polar surface area (TPSA) is 77.2 Å². The van der Waals surface area contributed by atoms with Crippen molar-refractivity contribution in [3.8, 4) is 0 Å². The summed E-state index contributed by atoms with van der Waals surface area (Å²) in [5.41, 5.74) is 6.58. The molecule has 0 spiro atoms. The number of thiazole rings is 1. The Hall–Kier alpha value is -1.34. The number of nitrogens with two attached hydrogens (primary N) is 1. The first kappa shape index (κ1) is 19.7. The Morgan fingerprint density at radius 2 is 2.30 bits per heavy atom. The number of carbonyl (C=O) groups excluding carboxylic acids is 1. The van der Waals surface area contributed by atoms with E-state index in [2.05, 4.69) is 10.3 Å². The molecule has 2 rings (SSSR count). The van der Waals surface area contributed by atoms with Crippen LogP contribution in [0.5, 0.6) is 0 Å². The number of hydrogen-bond donors (Lipinski definition) is 2. The summed E-state index contributed by atoms with van der Waals surface area (Å²) in [6.07, 6.45) is 2.21. The second-order valence-electron chi connectivity index (χ2n) is 4.68. The summed E-state index contributed by atoms with van der Waals surface area (Å²) < 4.78 is 5.13. The number of aromatic nitrogens is 1. The third kappa shape index (κ3) is 6.35. The first-order valence-corrected chi connectivity index (χ1v) is 8.12. The van der Waals surface area contributed by atoms with Gasteiger partial charge in [0.05, 0.1) is 6.61 Å². The maximum atomic E-state index is 12.1. The van der Waals surface area contributed by atoms with Gasteiger partial charge in [0.1, 0.15) is 6.04 Å². The lowest BCUT2D eigenvalue weighted by molar-refractivity contribution is -0.145. The number of benzene rings is 1. The minimum atomic E-state index is -0.443. The molecule has 1 unspecified atom stereocenters. The van der Waals surface area contributed by atoms with Crippen molar-refractivity contribution < 1.29 is 9.53 Å². The molecule has 0 radical (unpaired) electrons. The monoisotopic (exact) mass is 375 g/mol. The highest BCUT2D eigenvalue weighted by molar-refractivity contribution is 7.15. The van der Waals surface area contributed by atoms with Gasteiger partial charge in [-0.15, -0.1) is 23.7 Å². The van der Waals surface area contributed by atoms with Gasteiger partial charge in [-0.3, -0.25) is 10.1 Å². The van der Waals surface area contributed by atoms with Crippen LogP contribution >= 0.6 is 35.3 Å². The normalized spacial score (nSPS) is 11.6. The van der Waals surface area contributed by atoms with Gasteiger partial charge in [0, 0.05) is 22.6 Å². The van der Waals surface area contributed by atoms with E-state index >= 15 is 0 Å². The van der Waals surface area contributed by atoms with Crippen LogP contribution in [0.25, 0.3) is 0 Å². The summed E-state index contributed by atoms with van der Waals surface area (Å²) in [6, 6.07) is 7.01. The molecule has 8 heteroatoms. The molecular weight excluding hydrogens is 357 g/mol. The summed E-state index contributed by atoms with van der Waals surface area (Å²) in [7, 11) is 0. The van der Waals surface area contributed by atoms with E-state index in [0.717, 1.165) is 10.4 Å². The van der Waals surface area contributed by atoms with Crippen LogP contribution in [0.3, 0.4) is 0 Å². The van der Waals surface area contributed by atoms with Crippen molar-refractivity contribution in [3.05, 3.63) is 45.9 Å². The zero-order valence-electron chi connectivity index (χ0n) is 12.6. The number of ether oxygens (including phenoxy) is 1. The largest absolute Gasteiger partial charge is 0.465 e. The summed E-state index contributed by atoms with van der Waals surface area (Å²) in [5, 5.41) is 4.36. The first-order chi connectivity index (χ1) is 10.6. The second-order valence-corrected chi connectivity index (χ2v) is 6.27. The van der Waals surface area contributed by atoms with Crippen molar-refractivity contribution in [2.75, 3.05) is 12.3 Å². The summed E-state index contributed by atoms with van der Waals surface area (Å²) in [5.74, 6) is -0.278. The number of carbonyl (C=O) groups is 1. The lowest BCUT2D eigenvalue weighted by Crippen LogP contribution is -2.39. The van der Waals surface area contributed by atoms with Crippen LogP contribution in [0, 0.1) is 0 Å². The van der Waals surface area contributed by atoms with E-state index in [9.17, 15) is 4.79 Å². The molecule has 0 aliphatic heterocycles. The Bertz CT molecular complexity index is 637. The second kappa shape index (κ2) is 9.72. The molecular formula is C15H19Cl2N3O2S.